The Bertz CT molecular complexity index is 452. The first kappa shape index (κ1) is 10.7. The number of nitrogens with zero attached hydrogens (tertiary/aromatic N) is 3. The summed E-state index contributed by atoms with van der Waals surface area (Å²) in [6.45, 7) is 3.89. The average Bonchev–Trinajstić information content (AvgIpc) is 3.00. The van der Waals surface area contributed by atoms with Gasteiger partial charge >= 0.3 is 0 Å². The molecule has 3 heterocycles. The lowest BCUT2D eigenvalue weighted by Crippen LogP contribution is -2.26. The second-order valence-corrected chi connectivity index (χ2v) is 5.73. The molecule has 3 aliphatic rings. The molecule has 2 saturated heterocycles. The van der Waals surface area contributed by atoms with Gasteiger partial charge in [-0.15, -0.1) is 0 Å². The van der Waals surface area contributed by atoms with Crippen molar-refractivity contribution in [2.24, 2.45) is 23.7 Å². The lowest BCUT2D eigenvalue weighted by molar-refractivity contribution is 0.158. The van der Waals surface area contributed by atoms with Crippen molar-refractivity contribution in [2.75, 3.05) is 31.2 Å². The number of anilines is 1. The Morgan fingerprint density at radius 3 is 2.78 bits per heavy atom. The fraction of sp³-hybridized carbons (Fsp3) is 0.692. The van der Waals surface area contributed by atoms with Crippen LogP contribution in [0, 0.1) is 29.5 Å². The quantitative estimate of drug-likeness (QED) is 0.752. The van der Waals surface area contributed by atoms with E-state index in [9.17, 15) is 4.39 Å². The van der Waals surface area contributed by atoms with Gasteiger partial charge < -0.3 is 9.64 Å². The molecule has 1 saturated carbocycles. The second kappa shape index (κ2) is 3.88. The molecule has 96 valence electrons. The predicted octanol–water partition coefficient (Wildman–Crippen LogP) is 1.33. The number of rotatable bonds is 1. The van der Waals surface area contributed by atoms with E-state index in [1.807, 2.05) is 0 Å². The molecule has 18 heavy (non-hydrogen) atoms. The number of fused-ring (bicyclic) bond motifs is 3. The van der Waals surface area contributed by atoms with Gasteiger partial charge in [0.2, 0.25) is 5.95 Å². The molecule has 0 N–H and O–H groups in total. The Balaban J connectivity index is 1.53. The molecule has 4 nitrogen and oxygen atoms in total. The molecule has 1 aromatic heterocycles. The summed E-state index contributed by atoms with van der Waals surface area (Å²) >= 11 is 0. The topological polar surface area (TPSA) is 38.2 Å². The summed E-state index contributed by atoms with van der Waals surface area (Å²) < 4.78 is 18.4. The van der Waals surface area contributed by atoms with Gasteiger partial charge in [0.25, 0.3) is 0 Å². The molecule has 1 aliphatic carbocycles. The molecule has 0 spiro atoms. The Kier molecular flexibility index (Phi) is 2.30. The van der Waals surface area contributed by atoms with E-state index in [0.717, 1.165) is 44.1 Å². The van der Waals surface area contributed by atoms with Gasteiger partial charge in [0.05, 0.1) is 19.0 Å². The SMILES string of the molecule is Fc1cnc(N2C[C@@H]3C[C@@H]4COC[C@@H]4[C@@H]3C2)nc1. The van der Waals surface area contributed by atoms with Gasteiger partial charge in [-0.25, -0.2) is 14.4 Å². The van der Waals surface area contributed by atoms with Crippen LogP contribution in [-0.4, -0.2) is 36.3 Å². The highest BCUT2D eigenvalue weighted by atomic mass is 19.1. The molecule has 0 aromatic carbocycles. The molecule has 1 aromatic rings. The fourth-order valence-electron chi connectivity index (χ4n) is 3.98. The van der Waals surface area contributed by atoms with Crippen LogP contribution in [0.3, 0.4) is 0 Å². The van der Waals surface area contributed by atoms with Crippen molar-refractivity contribution in [3.63, 3.8) is 0 Å². The summed E-state index contributed by atoms with van der Waals surface area (Å²) in [6, 6.07) is 0. The van der Waals surface area contributed by atoms with Crippen LogP contribution in [-0.2, 0) is 4.74 Å². The monoisotopic (exact) mass is 249 g/mol. The van der Waals surface area contributed by atoms with E-state index in [2.05, 4.69) is 14.9 Å². The number of ether oxygens (including phenoxy) is 1. The maximum absolute atomic E-state index is 12.8. The average molecular weight is 249 g/mol. The van der Waals surface area contributed by atoms with Crippen molar-refractivity contribution in [3.05, 3.63) is 18.2 Å². The normalized spacial score (nSPS) is 37.9. The van der Waals surface area contributed by atoms with Gasteiger partial charge in [0.1, 0.15) is 0 Å². The van der Waals surface area contributed by atoms with E-state index in [4.69, 9.17) is 4.74 Å². The number of hydrogen-bond donors (Lipinski definition) is 0. The van der Waals surface area contributed by atoms with Crippen LogP contribution in [0.2, 0.25) is 0 Å². The van der Waals surface area contributed by atoms with E-state index >= 15 is 0 Å². The summed E-state index contributed by atoms with van der Waals surface area (Å²) in [7, 11) is 0. The zero-order valence-corrected chi connectivity index (χ0v) is 10.1. The lowest BCUT2D eigenvalue weighted by atomic mass is 9.91. The van der Waals surface area contributed by atoms with Crippen molar-refractivity contribution < 1.29 is 9.13 Å². The molecule has 4 atom stereocenters. The fourth-order valence-corrected chi connectivity index (χ4v) is 3.98. The lowest BCUT2D eigenvalue weighted by Gasteiger charge is -2.19. The molecule has 0 radical (unpaired) electrons. The van der Waals surface area contributed by atoms with Crippen LogP contribution in [0.1, 0.15) is 6.42 Å². The Morgan fingerprint density at radius 2 is 1.94 bits per heavy atom. The van der Waals surface area contributed by atoms with E-state index in [-0.39, 0.29) is 5.82 Å². The van der Waals surface area contributed by atoms with Gasteiger partial charge in [-0.1, -0.05) is 0 Å². The zero-order valence-electron chi connectivity index (χ0n) is 10.1. The summed E-state index contributed by atoms with van der Waals surface area (Å²) in [4.78, 5) is 10.4. The molecule has 3 fully saturated rings. The minimum absolute atomic E-state index is 0.373. The predicted molar refractivity (Wildman–Crippen MR) is 63.6 cm³/mol. The third-order valence-electron chi connectivity index (χ3n) is 4.78. The Hall–Kier alpha value is -1.23. The first-order valence-corrected chi connectivity index (χ1v) is 6.61. The Labute approximate surface area is 105 Å². The number of aromatic nitrogens is 2. The standard InChI is InChI=1S/C13H16FN3O/c14-10-2-15-13(16-3-10)17-4-8-1-9-6-18-7-12(9)11(8)5-17/h2-3,8-9,11-12H,1,4-7H2/t8-,9+,11+,12-/m0/s1. The summed E-state index contributed by atoms with van der Waals surface area (Å²) in [5.41, 5.74) is 0. The van der Waals surface area contributed by atoms with Crippen LogP contribution >= 0.6 is 0 Å². The van der Waals surface area contributed by atoms with E-state index in [1.165, 1.54) is 18.8 Å². The second-order valence-electron chi connectivity index (χ2n) is 5.73. The van der Waals surface area contributed by atoms with E-state index in [1.54, 1.807) is 0 Å². The van der Waals surface area contributed by atoms with Crippen molar-refractivity contribution in [2.45, 2.75) is 6.42 Å². The summed E-state index contributed by atoms with van der Waals surface area (Å²) in [5, 5.41) is 0. The minimum atomic E-state index is -0.373. The highest BCUT2D eigenvalue weighted by Gasteiger charge is 2.50. The van der Waals surface area contributed by atoms with E-state index < -0.39 is 0 Å². The minimum Gasteiger partial charge on any atom is -0.381 e. The molecule has 5 heteroatoms. The van der Waals surface area contributed by atoms with Gasteiger partial charge in [0, 0.05) is 19.7 Å². The summed E-state index contributed by atoms with van der Waals surface area (Å²) in [6.07, 6.45) is 3.77. The Morgan fingerprint density at radius 1 is 1.11 bits per heavy atom. The highest BCUT2D eigenvalue weighted by Crippen LogP contribution is 2.48. The van der Waals surface area contributed by atoms with E-state index in [0.29, 0.717) is 11.9 Å². The zero-order chi connectivity index (χ0) is 12.1. The number of halogens is 1. The highest BCUT2D eigenvalue weighted by molar-refractivity contribution is 5.32. The van der Waals surface area contributed by atoms with Crippen LogP contribution in [0.15, 0.2) is 12.4 Å². The van der Waals surface area contributed by atoms with Gasteiger partial charge in [-0.3, -0.25) is 0 Å². The van der Waals surface area contributed by atoms with Crippen LogP contribution in [0.25, 0.3) is 0 Å². The number of hydrogen-bond acceptors (Lipinski definition) is 4. The van der Waals surface area contributed by atoms with Crippen molar-refractivity contribution in [1.29, 1.82) is 0 Å². The van der Waals surface area contributed by atoms with Gasteiger partial charge in [0.15, 0.2) is 5.82 Å². The maximum Gasteiger partial charge on any atom is 0.225 e. The van der Waals surface area contributed by atoms with Gasteiger partial charge in [-0.05, 0) is 30.1 Å². The van der Waals surface area contributed by atoms with Crippen molar-refractivity contribution in [1.82, 2.24) is 9.97 Å². The molecular formula is C13H16FN3O. The van der Waals surface area contributed by atoms with Crippen molar-refractivity contribution in [3.8, 4) is 0 Å². The largest absolute Gasteiger partial charge is 0.381 e. The van der Waals surface area contributed by atoms with Crippen LogP contribution < -0.4 is 4.90 Å². The molecule has 0 bridgehead atoms. The first-order chi connectivity index (χ1) is 8.81. The molecular weight excluding hydrogens is 233 g/mol. The summed E-state index contributed by atoms with van der Waals surface area (Å²) in [5.74, 6) is 3.25. The van der Waals surface area contributed by atoms with Crippen LogP contribution in [0.4, 0.5) is 10.3 Å². The third-order valence-corrected chi connectivity index (χ3v) is 4.78. The van der Waals surface area contributed by atoms with Crippen molar-refractivity contribution >= 4 is 5.95 Å². The first-order valence-electron chi connectivity index (χ1n) is 6.61. The molecule has 0 unspecified atom stereocenters. The van der Waals surface area contributed by atoms with Gasteiger partial charge in [-0.2, -0.15) is 0 Å². The van der Waals surface area contributed by atoms with Crippen LogP contribution in [0.5, 0.6) is 0 Å². The molecule has 0 amide bonds. The third kappa shape index (κ3) is 1.53. The molecule has 4 rings (SSSR count). The molecule has 2 aliphatic heterocycles. The maximum atomic E-state index is 12.8. The smallest absolute Gasteiger partial charge is 0.225 e.